The summed E-state index contributed by atoms with van der Waals surface area (Å²) in [6.45, 7) is 2.43. The van der Waals surface area contributed by atoms with E-state index in [-0.39, 0.29) is 0 Å². The number of nitrogens with one attached hydrogen (secondary N) is 1. The molecule has 10 heavy (non-hydrogen) atoms. The molecule has 0 fully saturated rings. The standard InChI is InChI=1S/C6H10N2O2/c1-5-3-6(10-8-5)4-7-9-2/h3,7H,4H2,1-2H3. The summed E-state index contributed by atoms with van der Waals surface area (Å²) in [5.74, 6) is 0.777. The van der Waals surface area contributed by atoms with Crippen molar-refractivity contribution in [1.82, 2.24) is 10.6 Å². The van der Waals surface area contributed by atoms with Crippen LogP contribution in [0.5, 0.6) is 0 Å². The Bertz CT molecular complexity index is 197. The molecule has 0 aromatic carbocycles. The number of aromatic nitrogens is 1. The predicted molar refractivity (Wildman–Crippen MR) is 35.1 cm³/mol. The summed E-state index contributed by atoms with van der Waals surface area (Å²) in [6, 6.07) is 1.85. The Labute approximate surface area is 59.1 Å². The smallest absolute Gasteiger partial charge is 0.153 e. The van der Waals surface area contributed by atoms with Crippen LogP contribution in [0.4, 0.5) is 0 Å². The molecule has 1 aromatic heterocycles. The second-order valence-corrected chi connectivity index (χ2v) is 1.96. The van der Waals surface area contributed by atoms with E-state index in [9.17, 15) is 0 Å². The number of hydrogen-bond acceptors (Lipinski definition) is 4. The molecular formula is C6H10N2O2. The average Bonchev–Trinajstić information content (AvgIpc) is 2.31. The van der Waals surface area contributed by atoms with E-state index in [1.165, 1.54) is 0 Å². The van der Waals surface area contributed by atoms with Gasteiger partial charge in [-0.15, -0.1) is 0 Å². The number of hydrogen-bond donors (Lipinski definition) is 1. The molecule has 1 aromatic rings. The lowest BCUT2D eigenvalue weighted by atomic mass is 10.4. The number of hydroxylamine groups is 1. The summed E-state index contributed by atoms with van der Waals surface area (Å²) in [7, 11) is 1.56. The lowest BCUT2D eigenvalue weighted by Gasteiger charge is -1.93. The van der Waals surface area contributed by atoms with Crippen LogP contribution < -0.4 is 5.48 Å². The lowest BCUT2D eigenvalue weighted by Crippen LogP contribution is -2.09. The van der Waals surface area contributed by atoms with Gasteiger partial charge >= 0.3 is 0 Å². The van der Waals surface area contributed by atoms with Gasteiger partial charge in [-0.3, -0.25) is 0 Å². The van der Waals surface area contributed by atoms with Gasteiger partial charge in [0.05, 0.1) is 19.3 Å². The highest BCUT2D eigenvalue weighted by molar-refractivity contribution is 5.01. The van der Waals surface area contributed by atoms with Gasteiger partial charge < -0.3 is 9.36 Å². The molecule has 0 unspecified atom stereocenters. The number of nitrogens with zero attached hydrogens (tertiary/aromatic N) is 1. The van der Waals surface area contributed by atoms with E-state index < -0.39 is 0 Å². The Kier molecular flexibility index (Phi) is 2.42. The van der Waals surface area contributed by atoms with Crippen molar-refractivity contribution in [3.8, 4) is 0 Å². The fourth-order valence-corrected chi connectivity index (χ4v) is 0.643. The van der Waals surface area contributed by atoms with E-state index in [1.54, 1.807) is 7.11 Å². The predicted octanol–water partition coefficient (Wildman–Crippen LogP) is 0.634. The molecule has 0 saturated heterocycles. The lowest BCUT2D eigenvalue weighted by molar-refractivity contribution is 0.0802. The fourth-order valence-electron chi connectivity index (χ4n) is 0.643. The molecule has 0 saturated carbocycles. The molecule has 0 spiro atoms. The normalized spacial score (nSPS) is 10.2. The first-order chi connectivity index (χ1) is 4.83. The Hall–Kier alpha value is -0.870. The zero-order valence-corrected chi connectivity index (χ0v) is 6.05. The first kappa shape index (κ1) is 7.24. The summed E-state index contributed by atoms with van der Waals surface area (Å²) in [6.07, 6.45) is 0. The fraction of sp³-hybridized carbons (Fsp3) is 0.500. The van der Waals surface area contributed by atoms with Crippen molar-refractivity contribution in [1.29, 1.82) is 0 Å². The van der Waals surface area contributed by atoms with Crippen molar-refractivity contribution in [2.75, 3.05) is 7.11 Å². The quantitative estimate of drug-likeness (QED) is 0.629. The van der Waals surface area contributed by atoms with Gasteiger partial charge in [0, 0.05) is 6.07 Å². The minimum Gasteiger partial charge on any atom is -0.360 e. The molecule has 4 nitrogen and oxygen atoms in total. The van der Waals surface area contributed by atoms with Crippen molar-refractivity contribution in [2.45, 2.75) is 13.5 Å². The minimum atomic E-state index is 0.553. The molecule has 1 N–H and O–H groups in total. The van der Waals surface area contributed by atoms with Gasteiger partial charge in [0.1, 0.15) is 0 Å². The van der Waals surface area contributed by atoms with Gasteiger partial charge in [0.2, 0.25) is 0 Å². The molecule has 0 aliphatic carbocycles. The summed E-state index contributed by atoms with van der Waals surface area (Å²) in [5.41, 5.74) is 3.53. The van der Waals surface area contributed by atoms with Crippen LogP contribution in [0.15, 0.2) is 10.6 Å². The molecule has 0 atom stereocenters. The molecule has 0 bridgehead atoms. The van der Waals surface area contributed by atoms with Crippen molar-refractivity contribution < 1.29 is 9.36 Å². The van der Waals surface area contributed by atoms with E-state index in [0.29, 0.717) is 6.54 Å². The maximum Gasteiger partial charge on any atom is 0.153 e. The van der Waals surface area contributed by atoms with Crippen LogP contribution in [-0.2, 0) is 11.4 Å². The van der Waals surface area contributed by atoms with Gasteiger partial charge in [-0.2, -0.15) is 5.48 Å². The van der Waals surface area contributed by atoms with Crippen LogP contribution in [0.1, 0.15) is 11.5 Å². The third-order valence-corrected chi connectivity index (χ3v) is 1.07. The maximum atomic E-state index is 4.87. The second kappa shape index (κ2) is 3.34. The summed E-state index contributed by atoms with van der Waals surface area (Å²) >= 11 is 0. The van der Waals surface area contributed by atoms with Gasteiger partial charge in [-0.25, -0.2) is 0 Å². The molecule has 4 heteroatoms. The Morgan fingerprint density at radius 1 is 1.80 bits per heavy atom. The van der Waals surface area contributed by atoms with Crippen molar-refractivity contribution in [3.05, 3.63) is 17.5 Å². The first-order valence-electron chi connectivity index (χ1n) is 3.01. The van der Waals surface area contributed by atoms with Crippen LogP contribution in [0.2, 0.25) is 0 Å². The van der Waals surface area contributed by atoms with Crippen LogP contribution in [-0.4, -0.2) is 12.3 Å². The molecule has 0 radical (unpaired) electrons. The van der Waals surface area contributed by atoms with Crippen LogP contribution in [0.3, 0.4) is 0 Å². The zero-order chi connectivity index (χ0) is 7.40. The molecule has 0 amide bonds. The van der Waals surface area contributed by atoms with E-state index in [2.05, 4.69) is 15.5 Å². The molecule has 1 heterocycles. The van der Waals surface area contributed by atoms with Gasteiger partial charge in [-0.05, 0) is 6.92 Å². The van der Waals surface area contributed by atoms with Crippen molar-refractivity contribution >= 4 is 0 Å². The van der Waals surface area contributed by atoms with E-state index in [0.717, 1.165) is 11.5 Å². The highest BCUT2D eigenvalue weighted by atomic mass is 16.6. The van der Waals surface area contributed by atoms with Crippen LogP contribution in [0, 0.1) is 6.92 Å². The topological polar surface area (TPSA) is 47.3 Å². The first-order valence-corrected chi connectivity index (χ1v) is 3.01. The van der Waals surface area contributed by atoms with Gasteiger partial charge in [0.25, 0.3) is 0 Å². The molecule has 0 aliphatic heterocycles. The molecule has 0 aliphatic rings. The third-order valence-electron chi connectivity index (χ3n) is 1.07. The molecule has 1 rings (SSSR count). The number of rotatable bonds is 3. The highest BCUT2D eigenvalue weighted by Gasteiger charge is 1.97. The minimum absolute atomic E-state index is 0.553. The molecule has 56 valence electrons. The van der Waals surface area contributed by atoms with Crippen molar-refractivity contribution in [3.63, 3.8) is 0 Å². The molecular weight excluding hydrogens is 132 g/mol. The summed E-state index contributed by atoms with van der Waals surface area (Å²) in [5, 5.41) is 3.70. The van der Waals surface area contributed by atoms with E-state index in [1.807, 2.05) is 13.0 Å². The van der Waals surface area contributed by atoms with Gasteiger partial charge in [-0.1, -0.05) is 5.16 Å². The highest BCUT2D eigenvalue weighted by Crippen LogP contribution is 2.00. The largest absolute Gasteiger partial charge is 0.360 e. The second-order valence-electron chi connectivity index (χ2n) is 1.96. The Morgan fingerprint density at radius 3 is 3.10 bits per heavy atom. The third kappa shape index (κ3) is 1.82. The monoisotopic (exact) mass is 142 g/mol. The number of aryl methyl sites for hydroxylation is 1. The van der Waals surface area contributed by atoms with Gasteiger partial charge in [0.15, 0.2) is 5.76 Å². The van der Waals surface area contributed by atoms with E-state index >= 15 is 0 Å². The summed E-state index contributed by atoms with van der Waals surface area (Å²) < 4.78 is 4.87. The van der Waals surface area contributed by atoms with Crippen LogP contribution >= 0.6 is 0 Å². The average molecular weight is 142 g/mol. The Balaban J connectivity index is 2.42. The van der Waals surface area contributed by atoms with E-state index in [4.69, 9.17) is 4.52 Å². The summed E-state index contributed by atoms with van der Waals surface area (Å²) in [4.78, 5) is 4.62. The van der Waals surface area contributed by atoms with Crippen molar-refractivity contribution in [2.24, 2.45) is 0 Å². The maximum absolute atomic E-state index is 4.87. The van der Waals surface area contributed by atoms with Crippen LogP contribution in [0.25, 0.3) is 0 Å². The Morgan fingerprint density at radius 2 is 2.60 bits per heavy atom. The SMILES string of the molecule is CONCc1cc(C)no1. The zero-order valence-electron chi connectivity index (χ0n) is 6.05.